The molecule has 8 heteroatoms. The number of aromatic nitrogens is 2. The number of para-hydroxylation sites is 1. The van der Waals surface area contributed by atoms with Gasteiger partial charge in [-0.3, -0.25) is 9.69 Å². The van der Waals surface area contributed by atoms with Crippen LogP contribution in [0.5, 0.6) is 5.75 Å². The van der Waals surface area contributed by atoms with Crippen LogP contribution in [0.1, 0.15) is 18.2 Å². The molecule has 1 aromatic heterocycles. The number of aliphatic hydroxyl groups excluding tert-OH is 1. The highest BCUT2D eigenvalue weighted by molar-refractivity contribution is 5.76. The smallest absolute Gasteiger partial charge is 0.230 e. The Balaban J connectivity index is 1.47. The second-order valence-corrected chi connectivity index (χ2v) is 6.47. The number of β-amino-alcohol motifs (C(OH)–C–C–N with tert-alkyl or cyclic N) is 1. The van der Waals surface area contributed by atoms with Crippen LogP contribution in [0.3, 0.4) is 0 Å². The highest BCUT2D eigenvalue weighted by atomic mass is 16.5. The lowest BCUT2D eigenvalue weighted by atomic mass is 10.2. The summed E-state index contributed by atoms with van der Waals surface area (Å²) in [4.78, 5) is 16.0. The molecule has 1 aromatic carbocycles. The number of hydrogen-bond acceptors (Lipinski definition) is 7. The number of ether oxygens (including phenoxy) is 1. The van der Waals surface area contributed by atoms with E-state index in [4.69, 9.17) is 9.15 Å². The zero-order valence-corrected chi connectivity index (χ0v) is 15.0. The average molecular weight is 360 g/mol. The van der Waals surface area contributed by atoms with Gasteiger partial charge in [0.05, 0.1) is 31.7 Å². The summed E-state index contributed by atoms with van der Waals surface area (Å²) in [5, 5.41) is 18.1. The number of likely N-dealkylation sites (tertiary alicyclic amines) is 1. The van der Waals surface area contributed by atoms with Crippen molar-refractivity contribution in [1.29, 1.82) is 0 Å². The molecule has 1 aliphatic rings. The van der Waals surface area contributed by atoms with Gasteiger partial charge in [0.15, 0.2) is 0 Å². The van der Waals surface area contributed by atoms with E-state index >= 15 is 0 Å². The van der Waals surface area contributed by atoms with Crippen LogP contribution in [0.15, 0.2) is 34.7 Å². The van der Waals surface area contributed by atoms with Crippen LogP contribution in [0.25, 0.3) is 0 Å². The van der Waals surface area contributed by atoms with E-state index in [9.17, 15) is 9.90 Å². The van der Waals surface area contributed by atoms with E-state index in [2.05, 4.69) is 10.2 Å². The van der Waals surface area contributed by atoms with Crippen LogP contribution in [0, 0.1) is 6.92 Å². The van der Waals surface area contributed by atoms with Crippen molar-refractivity contribution in [3.63, 3.8) is 0 Å². The van der Waals surface area contributed by atoms with Gasteiger partial charge in [-0.15, -0.1) is 10.2 Å². The normalized spacial score (nSPS) is 19.9. The van der Waals surface area contributed by atoms with E-state index in [0.717, 1.165) is 5.75 Å². The predicted octanol–water partition coefficient (Wildman–Crippen LogP) is 0.851. The first-order valence-corrected chi connectivity index (χ1v) is 8.66. The molecule has 8 nitrogen and oxygen atoms in total. The fourth-order valence-electron chi connectivity index (χ4n) is 3.07. The van der Waals surface area contributed by atoms with Crippen molar-refractivity contribution in [3.8, 4) is 5.75 Å². The zero-order valence-electron chi connectivity index (χ0n) is 15.0. The van der Waals surface area contributed by atoms with Gasteiger partial charge in [0.1, 0.15) is 5.75 Å². The molecule has 1 amide bonds. The van der Waals surface area contributed by atoms with Gasteiger partial charge >= 0.3 is 0 Å². The first kappa shape index (κ1) is 18.3. The van der Waals surface area contributed by atoms with Crippen molar-refractivity contribution in [2.45, 2.75) is 32.0 Å². The maximum atomic E-state index is 12.4. The van der Waals surface area contributed by atoms with E-state index in [1.54, 1.807) is 11.8 Å². The highest BCUT2D eigenvalue weighted by Gasteiger charge is 2.36. The Hall–Kier alpha value is -2.45. The van der Waals surface area contributed by atoms with E-state index in [1.165, 1.54) is 0 Å². The molecule has 1 N–H and O–H groups in total. The summed E-state index contributed by atoms with van der Waals surface area (Å²) < 4.78 is 10.9. The molecule has 3 rings (SSSR count). The summed E-state index contributed by atoms with van der Waals surface area (Å²) in [6, 6.07) is 9.23. The van der Waals surface area contributed by atoms with Gasteiger partial charge < -0.3 is 19.2 Å². The van der Waals surface area contributed by atoms with Crippen LogP contribution in [-0.4, -0.2) is 69.9 Å². The van der Waals surface area contributed by atoms with Crippen LogP contribution in [-0.2, 0) is 11.3 Å². The van der Waals surface area contributed by atoms with Crippen LogP contribution in [0.2, 0.25) is 0 Å². The third-order valence-corrected chi connectivity index (χ3v) is 4.46. The Morgan fingerprint density at radius 3 is 2.81 bits per heavy atom. The molecule has 2 aromatic rings. The summed E-state index contributed by atoms with van der Waals surface area (Å²) in [6.07, 6.45) is -0.330. The average Bonchev–Trinajstić information content (AvgIpc) is 3.21. The lowest BCUT2D eigenvalue weighted by Gasteiger charge is -2.24. The summed E-state index contributed by atoms with van der Waals surface area (Å²) in [5.74, 6) is 1.73. The molecule has 1 fully saturated rings. The molecule has 140 valence electrons. The molecule has 0 saturated carbocycles. The summed E-state index contributed by atoms with van der Waals surface area (Å²) in [6.45, 7) is 3.27. The Bertz CT molecular complexity index is 721. The highest BCUT2D eigenvalue weighted by Crippen LogP contribution is 2.18. The minimum atomic E-state index is -0.608. The summed E-state index contributed by atoms with van der Waals surface area (Å²) >= 11 is 0. The molecule has 2 atom stereocenters. The standard InChI is InChI=1S/C18H24N4O4/c1-13-19-20-17(26-13)12-21(2)15-10-22(11-16(15)23)18(24)8-9-25-14-6-4-3-5-7-14/h3-7,15-16,23H,8-12H2,1-2H3/t15-,16-/m1/s1. The first-order valence-electron chi connectivity index (χ1n) is 8.66. The fraction of sp³-hybridized carbons (Fsp3) is 0.500. The Morgan fingerprint density at radius 1 is 1.35 bits per heavy atom. The van der Waals surface area contributed by atoms with Gasteiger partial charge in [-0.1, -0.05) is 18.2 Å². The predicted molar refractivity (Wildman–Crippen MR) is 93.4 cm³/mol. The first-order chi connectivity index (χ1) is 12.5. The summed E-state index contributed by atoms with van der Waals surface area (Å²) in [5.41, 5.74) is 0. The Morgan fingerprint density at radius 2 is 2.12 bits per heavy atom. The Labute approximate surface area is 152 Å². The topological polar surface area (TPSA) is 91.9 Å². The molecule has 0 spiro atoms. The van der Waals surface area contributed by atoms with E-state index < -0.39 is 6.10 Å². The lowest BCUT2D eigenvalue weighted by molar-refractivity contribution is -0.131. The van der Waals surface area contributed by atoms with Crippen LogP contribution < -0.4 is 4.74 Å². The lowest BCUT2D eigenvalue weighted by Crippen LogP contribution is -2.40. The van der Waals surface area contributed by atoms with Gasteiger partial charge in [-0.05, 0) is 19.2 Å². The fourth-order valence-corrected chi connectivity index (χ4v) is 3.07. The molecule has 1 aliphatic heterocycles. The zero-order chi connectivity index (χ0) is 18.5. The molecule has 2 heterocycles. The number of amides is 1. The minimum absolute atomic E-state index is 0.0236. The SMILES string of the molecule is Cc1nnc(CN(C)[C@@H]2CN(C(=O)CCOc3ccccc3)C[C@H]2O)o1. The van der Waals surface area contributed by atoms with E-state index in [1.807, 2.05) is 42.3 Å². The van der Waals surface area contributed by atoms with Crippen molar-refractivity contribution in [2.24, 2.45) is 0 Å². The number of rotatable bonds is 7. The number of benzene rings is 1. The molecule has 0 bridgehead atoms. The Kier molecular flexibility index (Phi) is 5.85. The number of carbonyl (C=O) groups excluding carboxylic acids is 1. The number of aryl methyl sites for hydroxylation is 1. The van der Waals surface area contributed by atoms with Crippen molar-refractivity contribution in [1.82, 2.24) is 20.0 Å². The molecular weight excluding hydrogens is 336 g/mol. The number of aliphatic hydroxyl groups is 1. The van der Waals surface area contributed by atoms with Gasteiger partial charge in [0.25, 0.3) is 0 Å². The van der Waals surface area contributed by atoms with E-state index in [0.29, 0.717) is 38.0 Å². The molecule has 0 unspecified atom stereocenters. The van der Waals surface area contributed by atoms with Crippen molar-refractivity contribution >= 4 is 5.91 Å². The van der Waals surface area contributed by atoms with Gasteiger partial charge in [0.2, 0.25) is 17.7 Å². The number of hydrogen-bond donors (Lipinski definition) is 1. The number of likely N-dealkylation sites (N-methyl/N-ethyl adjacent to an activating group) is 1. The monoisotopic (exact) mass is 360 g/mol. The maximum absolute atomic E-state index is 12.4. The number of nitrogens with zero attached hydrogens (tertiary/aromatic N) is 4. The minimum Gasteiger partial charge on any atom is -0.493 e. The molecule has 0 radical (unpaired) electrons. The number of carbonyl (C=O) groups is 1. The third kappa shape index (κ3) is 4.59. The van der Waals surface area contributed by atoms with Crippen molar-refractivity contribution in [2.75, 3.05) is 26.7 Å². The second-order valence-electron chi connectivity index (χ2n) is 6.47. The van der Waals surface area contributed by atoms with Gasteiger partial charge in [-0.25, -0.2) is 0 Å². The molecule has 0 aliphatic carbocycles. The van der Waals surface area contributed by atoms with Gasteiger partial charge in [-0.2, -0.15) is 0 Å². The molecule has 1 saturated heterocycles. The van der Waals surface area contributed by atoms with Crippen molar-refractivity contribution < 1.29 is 19.1 Å². The maximum Gasteiger partial charge on any atom is 0.230 e. The van der Waals surface area contributed by atoms with Crippen LogP contribution >= 0.6 is 0 Å². The molecular formula is C18H24N4O4. The summed E-state index contributed by atoms with van der Waals surface area (Å²) in [7, 11) is 1.87. The third-order valence-electron chi connectivity index (χ3n) is 4.46. The van der Waals surface area contributed by atoms with E-state index in [-0.39, 0.29) is 18.4 Å². The van der Waals surface area contributed by atoms with Crippen LogP contribution in [0.4, 0.5) is 0 Å². The molecule has 26 heavy (non-hydrogen) atoms. The van der Waals surface area contributed by atoms with Crippen molar-refractivity contribution in [3.05, 3.63) is 42.1 Å². The van der Waals surface area contributed by atoms with Gasteiger partial charge in [0, 0.05) is 20.0 Å². The second kappa shape index (κ2) is 8.29. The quantitative estimate of drug-likeness (QED) is 0.782. The largest absolute Gasteiger partial charge is 0.493 e.